The highest BCUT2D eigenvalue weighted by Crippen LogP contribution is 2.18. The van der Waals surface area contributed by atoms with Crippen molar-refractivity contribution in [3.63, 3.8) is 0 Å². The number of carboxylic acid groups (broad SMARTS) is 1. The summed E-state index contributed by atoms with van der Waals surface area (Å²) >= 11 is 0. The second-order valence-electron chi connectivity index (χ2n) is 5.65. The van der Waals surface area contributed by atoms with Crippen molar-refractivity contribution in [2.75, 3.05) is 45.8 Å². The van der Waals surface area contributed by atoms with Crippen LogP contribution in [-0.2, 0) is 19.7 Å². The zero-order chi connectivity index (χ0) is 15.6. The fourth-order valence-electron chi connectivity index (χ4n) is 2.79. The van der Waals surface area contributed by atoms with Crippen molar-refractivity contribution in [2.45, 2.75) is 26.1 Å². The zero-order valence-electron chi connectivity index (χ0n) is 12.4. The predicted molar refractivity (Wildman–Crippen MR) is 76.2 cm³/mol. The number of piperazine rings is 1. The van der Waals surface area contributed by atoms with Crippen molar-refractivity contribution in [3.8, 4) is 0 Å². The van der Waals surface area contributed by atoms with Crippen LogP contribution in [0.3, 0.4) is 0 Å². The molecule has 2 rings (SSSR count). The van der Waals surface area contributed by atoms with Crippen molar-refractivity contribution >= 4 is 16.2 Å². The highest BCUT2D eigenvalue weighted by molar-refractivity contribution is 7.86. The number of ether oxygens (including phenoxy) is 1. The number of aliphatic carboxylic acids is 1. The molecular weight excluding hydrogens is 298 g/mol. The summed E-state index contributed by atoms with van der Waals surface area (Å²) in [6, 6.07) is 0. The standard InChI is InChI=1S/C12H23N3O5S/c1-10-7-15(8-11(2)20-10)21(18,19)14-5-3-13(4-6-14)9-12(16)17/h10-11H,3-9H2,1-2H3,(H,16,17). The first-order valence-electron chi connectivity index (χ1n) is 7.14. The minimum absolute atomic E-state index is 0.0422. The summed E-state index contributed by atoms with van der Waals surface area (Å²) < 4.78 is 33.7. The molecule has 2 unspecified atom stereocenters. The molecule has 21 heavy (non-hydrogen) atoms. The Bertz CT molecular complexity index is 465. The van der Waals surface area contributed by atoms with E-state index in [1.165, 1.54) is 8.61 Å². The van der Waals surface area contributed by atoms with E-state index in [9.17, 15) is 13.2 Å². The molecule has 2 aliphatic heterocycles. The lowest BCUT2D eigenvalue weighted by molar-refractivity contribution is -0.138. The van der Waals surface area contributed by atoms with Crippen molar-refractivity contribution in [3.05, 3.63) is 0 Å². The molecule has 0 aromatic carbocycles. The number of morpholine rings is 1. The largest absolute Gasteiger partial charge is 0.480 e. The quantitative estimate of drug-likeness (QED) is 0.717. The van der Waals surface area contributed by atoms with Gasteiger partial charge in [-0.3, -0.25) is 9.69 Å². The third-order valence-electron chi connectivity index (χ3n) is 3.73. The summed E-state index contributed by atoms with van der Waals surface area (Å²) in [5.74, 6) is -0.887. The van der Waals surface area contributed by atoms with Crippen LogP contribution >= 0.6 is 0 Å². The van der Waals surface area contributed by atoms with Crippen LogP contribution in [0.4, 0.5) is 0 Å². The fourth-order valence-corrected chi connectivity index (χ4v) is 4.54. The monoisotopic (exact) mass is 321 g/mol. The highest BCUT2D eigenvalue weighted by Gasteiger charge is 2.36. The van der Waals surface area contributed by atoms with E-state index in [0.29, 0.717) is 39.3 Å². The minimum atomic E-state index is -3.49. The molecule has 2 saturated heterocycles. The summed E-state index contributed by atoms with van der Waals surface area (Å²) in [7, 11) is -3.49. The lowest BCUT2D eigenvalue weighted by Gasteiger charge is -2.40. The van der Waals surface area contributed by atoms with E-state index in [2.05, 4.69) is 0 Å². The van der Waals surface area contributed by atoms with Crippen LogP contribution in [0, 0.1) is 0 Å². The van der Waals surface area contributed by atoms with Crippen molar-refractivity contribution in [1.82, 2.24) is 13.5 Å². The summed E-state index contributed by atoms with van der Waals surface area (Å²) in [4.78, 5) is 12.4. The minimum Gasteiger partial charge on any atom is -0.480 e. The van der Waals surface area contributed by atoms with E-state index in [0.717, 1.165) is 0 Å². The van der Waals surface area contributed by atoms with E-state index in [1.807, 2.05) is 13.8 Å². The van der Waals surface area contributed by atoms with Crippen LogP contribution in [0.15, 0.2) is 0 Å². The summed E-state index contributed by atoms with van der Waals surface area (Å²) in [5.41, 5.74) is 0. The second-order valence-corrected chi connectivity index (χ2v) is 7.58. The topological polar surface area (TPSA) is 90.4 Å². The first kappa shape index (κ1) is 16.6. The molecule has 0 bridgehead atoms. The van der Waals surface area contributed by atoms with Gasteiger partial charge in [0.25, 0.3) is 10.2 Å². The van der Waals surface area contributed by atoms with Crippen LogP contribution in [0.25, 0.3) is 0 Å². The molecule has 8 nitrogen and oxygen atoms in total. The summed E-state index contributed by atoms with van der Waals surface area (Å²) in [6.07, 6.45) is -0.228. The third-order valence-corrected chi connectivity index (χ3v) is 5.70. The van der Waals surface area contributed by atoms with Gasteiger partial charge in [-0.05, 0) is 13.8 Å². The Hall–Kier alpha value is -0.740. The number of hydrogen-bond donors (Lipinski definition) is 1. The molecule has 0 aliphatic carbocycles. The Morgan fingerprint density at radius 3 is 2.10 bits per heavy atom. The third kappa shape index (κ3) is 4.13. The van der Waals surface area contributed by atoms with Gasteiger partial charge >= 0.3 is 5.97 Å². The molecule has 0 spiro atoms. The Morgan fingerprint density at radius 1 is 1.10 bits per heavy atom. The number of rotatable bonds is 4. The van der Waals surface area contributed by atoms with Gasteiger partial charge in [-0.1, -0.05) is 0 Å². The molecular formula is C12H23N3O5S. The van der Waals surface area contributed by atoms with Crippen molar-refractivity contribution in [1.29, 1.82) is 0 Å². The van der Waals surface area contributed by atoms with Gasteiger partial charge in [-0.15, -0.1) is 0 Å². The van der Waals surface area contributed by atoms with Crippen LogP contribution in [-0.4, -0.2) is 91.0 Å². The maximum absolute atomic E-state index is 12.6. The molecule has 2 aliphatic rings. The van der Waals surface area contributed by atoms with E-state index < -0.39 is 16.2 Å². The lowest BCUT2D eigenvalue weighted by atomic mass is 10.3. The SMILES string of the molecule is CC1CN(S(=O)(=O)N2CCN(CC(=O)O)CC2)CC(C)O1. The molecule has 0 amide bonds. The van der Waals surface area contributed by atoms with Gasteiger partial charge in [0.15, 0.2) is 0 Å². The first-order chi connectivity index (χ1) is 9.79. The number of carbonyl (C=O) groups is 1. The molecule has 2 fully saturated rings. The molecule has 2 heterocycles. The normalized spacial score (nSPS) is 30.4. The van der Waals surface area contributed by atoms with Crippen LogP contribution < -0.4 is 0 Å². The van der Waals surface area contributed by atoms with Crippen LogP contribution in [0.5, 0.6) is 0 Å². The first-order valence-corrected chi connectivity index (χ1v) is 8.53. The van der Waals surface area contributed by atoms with Gasteiger partial charge in [-0.25, -0.2) is 0 Å². The zero-order valence-corrected chi connectivity index (χ0v) is 13.3. The Kier molecular flexibility index (Phi) is 5.20. The molecule has 1 N–H and O–H groups in total. The fraction of sp³-hybridized carbons (Fsp3) is 0.917. The number of carboxylic acids is 1. The van der Waals surface area contributed by atoms with Gasteiger partial charge in [-0.2, -0.15) is 17.0 Å². The number of hydrogen-bond acceptors (Lipinski definition) is 5. The molecule has 0 aromatic heterocycles. The Labute approximate surface area is 125 Å². The second kappa shape index (κ2) is 6.57. The van der Waals surface area contributed by atoms with E-state index in [1.54, 1.807) is 4.90 Å². The molecule has 0 saturated carbocycles. The Morgan fingerprint density at radius 2 is 1.62 bits per heavy atom. The maximum atomic E-state index is 12.6. The molecule has 0 radical (unpaired) electrons. The van der Waals surface area contributed by atoms with Crippen molar-refractivity contribution in [2.24, 2.45) is 0 Å². The molecule has 0 aromatic rings. The van der Waals surface area contributed by atoms with Crippen molar-refractivity contribution < 1.29 is 23.1 Å². The van der Waals surface area contributed by atoms with Gasteiger partial charge in [0.2, 0.25) is 0 Å². The molecule has 122 valence electrons. The van der Waals surface area contributed by atoms with E-state index in [-0.39, 0.29) is 18.8 Å². The van der Waals surface area contributed by atoms with Crippen LogP contribution in [0.2, 0.25) is 0 Å². The summed E-state index contributed by atoms with van der Waals surface area (Å²) in [6.45, 7) is 5.96. The average molecular weight is 321 g/mol. The number of nitrogens with zero attached hydrogens (tertiary/aromatic N) is 3. The van der Waals surface area contributed by atoms with E-state index >= 15 is 0 Å². The van der Waals surface area contributed by atoms with Gasteiger partial charge in [0, 0.05) is 39.3 Å². The Balaban J connectivity index is 1.96. The summed E-state index contributed by atoms with van der Waals surface area (Å²) in [5, 5.41) is 8.76. The molecule has 9 heteroatoms. The van der Waals surface area contributed by atoms with Gasteiger partial charge in [0.05, 0.1) is 18.8 Å². The predicted octanol–water partition coefficient (Wildman–Crippen LogP) is -0.957. The lowest BCUT2D eigenvalue weighted by Crippen LogP contribution is -2.57. The average Bonchev–Trinajstić information content (AvgIpc) is 2.37. The maximum Gasteiger partial charge on any atom is 0.317 e. The smallest absolute Gasteiger partial charge is 0.317 e. The highest BCUT2D eigenvalue weighted by atomic mass is 32.2. The van der Waals surface area contributed by atoms with E-state index in [4.69, 9.17) is 9.84 Å². The van der Waals surface area contributed by atoms with Gasteiger partial charge in [0.1, 0.15) is 0 Å². The van der Waals surface area contributed by atoms with Crippen LogP contribution in [0.1, 0.15) is 13.8 Å². The van der Waals surface area contributed by atoms with Gasteiger partial charge < -0.3 is 9.84 Å². The molecule has 2 atom stereocenters.